The van der Waals surface area contributed by atoms with Crippen LogP contribution in [-0.2, 0) is 20.9 Å². The molecule has 1 N–H and O–H groups in total. The van der Waals surface area contributed by atoms with Crippen molar-refractivity contribution < 1.29 is 28.6 Å². The summed E-state index contributed by atoms with van der Waals surface area (Å²) in [5.41, 5.74) is 1.98. The monoisotopic (exact) mass is 537 g/mol. The molecule has 1 aliphatic heterocycles. The Morgan fingerprint density at radius 2 is 1.92 bits per heavy atom. The Morgan fingerprint density at radius 3 is 2.68 bits per heavy atom. The van der Waals surface area contributed by atoms with Gasteiger partial charge in [0.1, 0.15) is 17.4 Å². The van der Waals surface area contributed by atoms with Crippen LogP contribution in [0.3, 0.4) is 0 Å². The first-order chi connectivity index (χ1) is 18.4. The highest BCUT2D eigenvalue weighted by Gasteiger charge is 2.51. The zero-order chi connectivity index (χ0) is 26.4. The van der Waals surface area contributed by atoms with Crippen LogP contribution >= 0.6 is 11.3 Å². The highest BCUT2D eigenvalue weighted by Crippen LogP contribution is 2.53. The third kappa shape index (κ3) is 4.62. The lowest BCUT2D eigenvalue weighted by Gasteiger charge is -2.47. The molecule has 0 radical (unpaired) electrons. The van der Waals surface area contributed by atoms with Gasteiger partial charge in [-0.1, -0.05) is 24.6 Å². The van der Waals surface area contributed by atoms with Crippen LogP contribution in [0.1, 0.15) is 61.6 Å². The van der Waals surface area contributed by atoms with Crippen LogP contribution in [0.2, 0.25) is 0 Å². The van der Waals surface area contributed by atoms with Crippen LogP contribution in [0.5, 0.6) is 0 Å². The predicted octanol–water partition coefficient (Wildman–Crippen LogP) is 5.66. The molecule has 2 amide bonds. The van der Waals surface area contributed by atoms with Gasteiger partial charge in [-0.2, -0.15) is 0 Å². The van der Waals surface area contributed by atoms with Crippen LogP contribution in [0.15, 0.2) is 42.5 Å². The molecule has 3 aliphatic rings. The SMILES string of the molecule is O=C(O)CCC(=O)N(C1CC1)[C@H]1c2ccc(F)cc2N(C(=O)OCc2nc3ccccc3s2)[C@@H]2CCC[C@@H]21. The van der Waals surface area contributed by atoms with Crippen molar-refractivity contribution in [3.8, 4) is 0 Å². The van der Waals surface area contributed by atoms with Crippen molar-refractivity contribution in [1.82, 2.24) is 9.88 Å². The zero-order valence-electron chi connectivity index (χ0n) is 20.7. The second-order valence-electron chi connectivity index (χ2n) is 10.2. The number of carboxylic acid groups (broad SMARTS) is 1. The number of ether oxygens (including phenoxy) is 1. The molecule has 8 nitrogen and oxygen atoms in total. The van der Waals surface area contributed by atoms with Crippen LogP contribution in [0, 0.1) is 11.7 Å². The summed E-state index contributed by atoms with van der Waals surface area (Å²) in [7, 11) is 0. The summed E-state index contributed by atoms with van der Waals surface area (Å²) in [6, 6.07) is 11.6. The molecule has 10 heteroatoms. The van der Waals surface area contributed by atoms with E-state index in [1.54, 1.807) is 11.0 Å². The summed E-state index contributed by atoms with van der Waals surface area (Å²) < 4.78 is 21.3. The lowest BCUT2D eigenvalue weighted by molar-refractivity contribution is -0.142. The number of rotatable bonds is 7. The minimum absolute atomic E-state index is 0.0159. The number of hydrogen-bond acceptors (Lipinski definition) is 6. The molecule has 0 unspecified atom stereocenters. The van der Waals surface area contributed by atoms with Crippen molar-refractivity contribution in [2.45, 2.75) is 69.7 Å². The quantitative estimate of drug-likeness (QED) is 0.418. The second kappa shape index (κ2) is 9.98. The average molecular weight is 538 g/mol. The standard InChI is InChI=1S/C28H28FN3O5S/c29-16-8-11-19-22(14-16)32(28(36)37-15-24-30-20-5-1-2-7-23(20)38-24)21-6-3-4-18(21)27(19)31(17-9-10-17)25(33)12-13-26(34)35/h1-2,5,7-8,11,14,17-18,21,27H,3-4,6,9-10,12-13,15H2,(H,34,35)/t18-,21+,27+/m0/s1. The van der Waals surface area contributed by atoms with Gasteiger partial charge in [0.05, 0.1) is 28.4 Å². The van der Waals surface area contributed by atoms with Gasteiger partial charge in [-0.05, 0) is 55.5 Å². The van der Waals surface area contributed by atoms with Crippen molar-refractivity contribution in [3.63, 3.8) is 0 Å². The van der Waals surface area contributed by atoms with E-state index in [0.717, 1.165) is 42.3 Å². The number of halogens is 1. The second-order valence-corrected chi connectivity index (χ2v) is 11.4. The molecular weight excluding hydrogens is 509 g/mol. The molecule has 1 aromatic heterocycles. The van der Waals surface area contributed by atoms with E-state index in [-0.39, 0.29) is 49.4 Å². The summed E-state index contributed by atoms with van der Waals surface area (Å²) in [6.45, 7) is 0.0159. The number of fused-ring (bicyclic) bond motifs is 3. The molecule has 2 fully saturated rings. The largest absolute Gasteiger partial charge is 0.481 e. The fraction of sp³-hybridized carbons (Fsp3) is 0.429. The molecule has 38 heavy (non-hydrogen) atoms. The van der Waals surface area contributed by atoms with Crippen molar-refractivity contribution >= 4 is 45.2 Å². The first-order valence-corrected chi connectivity index (χ1v) is 13.8. The van der Waals surface area contributed by atoms with Gasteiger partial charge < -0.3 is 14.7 Å². The van der Waals surface area contributed by atoms with Crippen LogP contribution in [-0.4, -0.2) is 45.0 Å². The Kier molecular flexibility index (Phi) is 6.51. The Bertz CT molecular complexity index is 1370. The van der Waals surface area contributed by atoms with Crippen molar-refractivity contribution in [1.29, 1.82) is 0 Å². The van der Waals surface area contributed by atoms with Crippen molar-refractivity contribution in [3.05, 3.63) is 58.9 Å². The minimum atomic E-state index is -1.01. The number of nitrogens with zero attached hydrogens (tertiary/aromatic N) is 3. The molecule has 2 saturated carbocycles. The van der Waals surface area contributed by atoms with Gasteiger partial charge in [-0.3, -0.25) is 14.5 Å². The maximum Gasteiger partial charge on any atom is 0.414 e. The lowest BCUT2D eigenvalue weighted by Crippen LogP contribution is -2.53. The van der Waals surface area contributed by atoms with E-state index in [2.05, 4.69) is 4.98 Å². The van der Waals surface area contributed by atoms with E-state index in [9.17, 15) is 18.8 Å². The van der Waals surface area contributed by atoms with Gasteiger partial charge in [-0.15, -0.1) is 11.3 Å². The zero-order valence-corrected chi connectivity index (χ0v) is 21.5. The molecule has 0 spiro atoms. The number of carbonyl (C=O) groups is 3. The van der Waals surface area contributed by atoms with Gasteiger partial charge in [-0.25, -0.2) is 14.2 Å². The van der Waals surface area contributed by atoms with Gasteiger partial charge in [0.2, 0.25) is 5.91 Å². The number of anilines is 1. The molecule has 198 valence electrons. The number of thiazole rings is 1. The molecular formula is C28H28FN3O5S. The number of benzene rings is 2. The smallest absolute Gasteiger partial charge is 0.414 e. The summed E-state index contributed by atoms with van der Waals surface area (Å²) >= 11 is 1.46. The van der Waals surface area contributed by atoms with E-state index in [1.807, 2.05) is 29.2 Å². The van der Waals surface area contributed by atoms with Crippen LogP contribution in [0.25, 0.3) is 10.2 Å². The van der Waals surface area contributed by atoms with Gasteiger partial charge in [0.15, 0.2) is 0 Å². The van der Waals surface area contributed by atoms with E-state index in [4.69, 9.17) is 9.84 Å². The number of carboxylic acids is 1. The highest BCUT2D eigenvalue weighted by molar-refractivity contribution is 7.18. The van der Waals surface area contributed by atoms with Gasteiger partial charge >= 0.3 is 12.1 Å². The van der Waals surface area contributed by atoms with Crippen LogP contribution in [0.4, 0.5) is 14.9 Å². The number of hydrogen-bond donors (Lipinski definition) is 1. The highest BCUT2D eigenvalue weighted by atomic mass is 32.1. The van der Waals surface area contributed by atoms with Crippen molar-refractivity contribution in [2.75, 3.05) is 4.90 Å². The minimum Gasteiger partial charge on any atom is -0.481 e. The molecule has 2 aliphatic carbocycles. The predicted molar refractivity (Wildman–Crippen MR) is 139 cm³/mol. The summed E-state index contributed by atoms with van der Waals surface area (Å²) in [6.07, 6.45) is 3.24. The Hall–Kier alpha value is -3.53. The molecule has 0 saturated heterocycles. The molecule has 2 aromatic carbocycles. The molecule has 3 aromatic rings. The normalized spacial score (nSPS) is 22.1. The van der Waals surface area contributed by atoms with Crippen LogP contribution < -0.4 is 4.90 Å². The van der Waals surface area contributed by atoms with E-state index >= 15 is 0 Å². The maximum atomic E-state index is 14.6. The summed E-state index contributed by atoms with van der Waals surface area (Å²) in [5.74, 6) is -1.73. The number of aromatic nitrogens is 1. The first-order valence-electron chi connectivity index (χ1n) is 13.0. The fourth-order valence-corrected chi connectivity index (χ4v) is 6.97. The molecule has 2 heterocycles. The Balaban J connectivity index is 1.31. The Morgan fingerprint density at radius 1 is 1.11 bits per heavy atom. The number of carbonyl (C=O) groups excluding carboxylic acids is 2. The number of aliphatic carboxylic acids is 1. The molecule has 3 atom stereocenters. The first kappa shape index (κ1) is 24.8. The third-order valence-electron chi connectivity index (χ3n) is 7.77. The molecule has 0 bridgehead atoms. The van der Waals surface area contributed by atoms with Crippen molar-refractivity contribution in [2.24, 2.45) is 5.92 Å². The summed E-state index contributed by atoms with van der Waals surface area (Å²) in [4.78, 5) is 46.0. The van der Waals surface area contributed by atoms with E-state index in [1.165, 1.54) is 23.5 Å². The topological polar surface area (TPSA) is 100 Å². The lowest BCUT2D eigenvalue weighted by atomic mass is 9.81. The van der Waals surface area contributed by atoms with E-state index < -0.39 is 17.9 Å². The average Bonchev–Trinajstić information content (AvgIpc) is 3.45. The number of amides is 2. The van der Waals surface area contributed by atoms with E-state index in [0.29, 0.717) is 16.3 Å². The fourth-order valence-electron chi connectivity index (χ4n) is 6.09. The third-order valence-corrected chi connectivity index (χ3v) is 8.78. The molecule has 6 rings (SSSR count). The van der Waals surface area contributed by atoms with Gasteiger partial charge in [0.25, 0.3) is 0 Å². The van der Waals surface area contributed by atoms with Gasteiger partial charge in [0, 0.05) is 24.4 Å². The number of para-hydroxylation sites is 1. The maximum absolute atomic E-state index is 14.6. The Labute approximate surface area is 223 Å². The summed E-state index contributed by atoms with van der Waals surface area (Å²) in [5, 5.41) is 9.82.